The predicted molar refractivity (Wildman–Crippen MR) is 43.0 cm³/mol. The van der Waals surface area contributed by atoms with Crippen LogP contribution in [0.4, 0.5) is 12.9 Å². The molecule has 70 valence electrons. The molecule has 0 amide bonds. The van der Waals surface area contributed by atoms with Gasteiger partial charge in [0.05, 0.1) is 0 Å². The normalized spacial score (nSPS) is 38.5. The van der Waals surface area contributed by atoms with Gasteiger partial charge in [-0.05, 0) is 5.92 Å². The average molecular weight is 216 g/mol. The summed E-state index contributed by atoms with van der Waals surface area (Å²) < 4.78 is 38.1. The minimum Gasteiger partial charge on any atom is -0.449 e. The van der Waals surface area contributed by atoms with E-state index in [0.717, 1.165) is 19.3 Å². The third-order valence-corrected chi connectivity index (χ3v) is 3.85. The Balaban J connectivity index is 0.000000845. The first kappa shape index (κ1) is 12.6. The van der Waals surface area contributed by atoms with E-state index in [1.807, 2.05) is 0 Å². The van der Waals surface area contributed by atoms with Gasteiger partial charge in [-0.1, -0.05) is 43.8 Å². The zero-order valence-corrected chi connectivity index (χ0v) is 11.2. The summed E-state index contributed by atoms with van der Waals surface area (Å²) in [7, 11) is 0. The topological polar surface area (TPSA) is 0 Å². The van der Waals surface area contributed by atoms with Crippen LogP contribution >= 0.6 is 0 Å². The van der Waals surface area contributed by atoms with Gasteiger partial charge >= 0.3 is 58.4 Å². The molecule has 0 N–H and O–H groups in total. The average Bonchev–Trinajstić information content (AvgIpc) is 2.06. The second kappa shape index (κ2) is 4.16. The third-order valence-electron chi connectivity index (χ3n) is 3.85. The molecule has 0 spiro atoms. The molecule has 0 saturated heterocycles. The molecular weight excluding hydrogens is 203 g/mol. The van der Waals surface area contributed by atoms with Crippen molar-refractivity contribution < 1.29 is 64.3 Å². The van der Waals surface area contributed by atoms with Crippen LogP contribution in [-0.2, 0) is 0 Å². The molecule has 0 aromatic rings. The van der Waals surface area contributed by atoms with E-state index < -0.39 is 12.3 Å². The van der Waals surface area contributed by atoms with Gasteiger partial charge in [0.15, 0.2) is 0 Å². The van der Waals surface area contributed by atoms with E-state index in [1.54, 1.807) is 0 Å². The number of halogens is 3. The Morgan fingerprint density at radius 1 is 0.923 bits per heavy atom. The van der Waals surface area contributed by atoms with Gasteiger partial charge in [0.25, 0.3) is 0 Å². The Morgan fingerprint density at radius 3 is 1.54 bits per heavy atom. The molecule has 0 unspecified atom stereocenters. The van der Waals surface area contributed by atoms with Crippen LogP contribution < -0.4 is 51.4 Å². The van der Waals surface area contributed by atoms with Crippen molar-refractivity contribution >= 4 is 6.98 Å². The Bertz CT molecular complexity index is 171. The molecule has 0 nitrogen and oxygen atoms in total. The second-order valence-corrected chi connectivity index (χ2v) is 4.42. The van der Waals surface area contributed by atoms with E-state index in [0.29, 0.717) is 25.2 Å². The predicted octanol–water partition coefficient (Wildman–Crippen LogP) is 0.562. The minimum absolute atomic E-state index is 0. The summed E-state index contributed by atoms with van der Waals surface area (Å²) in [6, 6.07) is 0. The number of hydrogen-bond donors (Lipinski definition) is 0. The second-order valence-electron chi connectivity index (χ2n) is 4.42. The summed E-state index contributed by atoms with van der Waals surface area (Å²) in [5, 5.41) is -1.21. The van der Waals surface area contributed by atoms with Crippen LogP contribution in [0.5, 0.6) is 0 Å². The van der Waals surface area contributed by atoms with Crippen LogP contribution in [0, 0.1) is 5.92 Å². The Kier molecular flexibility index (Phi) is 4.02. The van der Waals surface area contributed by atoms with Crippen molar-refractivity contribution in [1.29, 1.82) is 0 Å². The summed E-state index contributed by atoms with van der Waals surface area (Å²) in [5.41, 5.74) is 0. The van der Waals surface area contributed by atoms with Crippen molar-refractivity contribution in [2.24, 2.45) is 5.92 Å². The van der Waals surface area contributed by atoms with Crippen LogP contribution in [0.2, 0.25) is 5.31 Å². The van der Waals surface area contributed by atoms with Crippen molar-refractivity contribution in [1.82, 2.24) is 0 Å². The summed E-state index contributed by atoms with van der Waals surface area (Å²) in [5.74, 6) is 0.616. The standard InChI is InChI=1S/C8H13BF3.K/c10-9(11,12)8-4-1-7(2-5-8)3-6-8;/h7H,1-6H2;/q-1;+1. The first-order valence-corrected chi connectivity index (χ1v) is 4.73. The van der Waals surface area contributed by atoms with Gasteiger partial charge in [-0.15, -0.1) is 0 Å². The summed E-state index contributed by atoms with van der Waals surface area (Å²) in [4.78, 5) is 0. The molecule has 0 aromatic carbocycles. The quantitative estimate of drug-likeness (QED) is 0.562. The molecule has 3 aliphatic carbocycles. The fraction of sp³-hybridized carbons (Fsp3) is 1.00. The van der Waals surface area contributed by atoms with E-state index in [2.05, 4.69) is 0 Å². The van der Waals surface area contributed by atoms with Crippen LogP contribution in [-0.4, -0.2) is 6.98 Å². The van der Waals surface area contributed by atoms with E-state index in [1.165, 1.54) is 0 Å². The number of hydrogen-bond acceptors (Lipinski definition) is 0. The molecular formula is C8H13BF3K. The van der Waals surface area contributed by atoms with Crippen molar-refractivity contribution in [3.8, 4) is 0 Å². The number of rotatable bonds is 1. The van der Waals surface area contributed by atoms with Crippen LogP contribution in [0.15, 0.2) is 0 Å². The van der Waals surface area contributed by atoms with Gasteiger partial charge in [0.1, 0.15) is 0 Å². The Morgan fingerprint density at radius 2 is 1.31 bits per heavy atom. The van der Waals surface area contributed by atoms with E-state index in [9.17, 15) is 12.9 Å². The third kappa shape index (κ3) is 2.19. The van der Waals surface area contributed by atoms with Crippen LogP contribution in [0.1, 0.15) is 38.5 Å². The first-order chi connectivity index (χ1) is 5.54. The van der Waals surface area contributed by atoms with E-state index in [-0.39, 0.29) is 51.4 Å². The van der Waals surface area contributed by atoms with Crippen molar-refractivity contribution in [3.05, 3.63) is 0 Å². The summed E-state index contributed by atoms with van der Waals surface area (Å²) in [6.07, 6.45) is 3.72. The van der Waals surface area contributed by atoms with Gasteiger partial charge < -0.3 is 12.9 Å². The first-order valence-electron chi connectivity index (χ1n) is 4.73. The zero-order valence-electron chi connectivity index (χ0n) is 8.03. The fourth-order valence-electron chi connectivity index (χ4n) is 2.77. The molecule has 3 saturated carbocycles. The van der Waals surface area contributed by atoms with Gasteiger partial charge in [-0.25, -0.2) is 0 Å². The maximum absolute atomic E-state index is 12.7. The molecule has 0 atom stereocenters. The van der Waals surface area contributed by atoms with Crippen molar-refractivity contribution in [2.45, 2.75) is 43.8 Å². The SMILES string of the molecule is F[B-](F)(F)C12CCC(CC1)CC2.[K+]. The van der Waals surface area contributed by atoms with Gasteiger partial charge in [-0.3, -0.25) is 0 Å². The Hall–Kier alpha value is 1.49. The zero-order chi connectivity index (χ0) is 8.82. The van der Waals surface area contributed by atoms with Crippen molar-refractivity contribution in [3.63, 3.8) is 0 Å². The smallest absolute Gasteiger partial charge is 0.449 e. The van der Waals surface area contributed by atoms with Crippen LogP contribution in [0.25, 0.3) is 0 Å². The van der Waals surface area contributed by atoms with Crippen LogP contribution in [0.3, 0.4) is 0 Å². The number of fused-ring (bicyclic) bond motifs is 3. The molecule has 5 heteroatoms. The molecule has 0 aromatic heterocycles. The van der Waals surface area contributed by atoms with Crippen molar-refractivity contribution in [2.75, 3.05) is 0 Å². The molecule has 0 aliphatic heterocycles. The van der Waals surface area contributed by atoms with Gasteiger partial charge in [-0.2, -0.15) is 0 Å². The molecule has 3 rings (SSSR count). The largest absolute Gasteiger partial charge is 1.00 e. The van der Waals surface area contributed by atoms with Gasteiger partial charge in [0, 0.05) is 0 Å². The maximum atomic E-state index is 12.7. The minimum atomic E-state index is -4.59. The van der Waals surface area contributed by atoms with Gasteiger partial charge in [0.2, 0.25) is 0 Å². The molecule has 3 aliphatic rings. The maximum Gasteiger partial charge on any atom is 1.00 e. The molecule has 0 heterocycles. The van der Waals surface area contributed by atoms with E-state index >= 15 is 0 Å². The fourth-order valence-corrected chi connectivity index (χ4v) is 2.77. The monoisotopic (exact) mass is 216 g/mol. The summed E-state index contributed by atoms with van der Waals surface area (Å²) >= 11 is 0. The molecule has 2 bridgehead atoms. The summed E-state index contributed by atoms with van der Waals surface area (Å²) in [6.45, 7) is -4.59. The molecule has 3 fully saturated rings. The molecule has 0 radical (unpaired) electrons. The van der Waals surface area contributed by atoms with E-state index in [4.69, 9.17) is 0 Å². The molecule has 13 heavy (non-hydrogen) atoms. The Labute approximate surface area is 120 Å².